The lowest BCUT2D eigenvalue weighted by atomic mass is 10.2. The second-order valence-corrected chi connectivity index (χ2v) is 5.25. The Morgan fingerprint density at radius 2 is 2.13 bits per heavy atom. The Morgan fingerprint density at radius 1 is 1.40 bits per heavy atom. The van der Waals surface area contributed by atoms with E-state index in [4.69, 9.17) is 4.74 Å². The Labute approximate surface area is 93.4 Å². The molecule has 3 nitrogen and oxygen atoms in total. The van der Waals surface area contributed by atoms with Crippen LogP contribution in [0.1, 0.15) is 26.7 Å². The molecular formula is C12H24N2O. The Morgan fingerprint density at radius 3 is 2.73 bits per heavy atom. The molecule has 1 aliphatic carbocycles. The van der Waals surface area contributed by atoms with Crippen LogP contribution in [-0.2, 0) is 4.74 Å². The van der Waals surface area contributed by atoms with Crippen molar-refractivity contribution in [3.63, 3.8) is 0 Å². The lowest BCUT2D eigenvalue weighted by Crippen LogP contribution is -2.49. The number of ether oxygens (including phenoxy) is 1. The van der Waals surface area contributed by atoms with Crippen LogP contribution in [0, 0.1) is 0 Å². The number of rotatable bonds is 4. The van der Waals surface area contributed by atoms with Gasteiger partial charge in [-0.15, -0.1) is 0 Å². The molecule has 0 unspecified atom stereocenters. The summed E-state index contributed by atoms with van der Waals surface area (Å²) in [5.41, 5.74) is 0. The normalized spacial score (nSPS) is 29.0. The summed E-state index contributed by atoms with van der Waals surface area (Å²) in [5, 5.41) is 0. The van der Waals surface area contributed by atoms with Gasteiger partial charge in [0.25, 0.3) is 0 Å². The van der Waals surface area contributed by atoms with Crippen LogP contribution in [0.5, 0.6) is 0 Å². The van der Waals surface area contributed by atoms with Crippen molar-refractivity contribution < 1.29 is 4.74 Å². The lowest BCUT2D eigenvalue weighted by Gasteiger charge is -2.37. The van der Waals surface area contributed by atoms with Crippen LogP contribution in [0.25, 0.3) is 0 Å². The van der Waals surface area contributed by atoms with Crippen molar-refractivity contribution in [1.29, 1.82) is 0 Å². The first kappa shape index (κ1) is 11.4. The molecule has 0 radical (unpaired) electrons. The first-order valence-corrected chi connectivity index (χ1v) is 6.22. The second-order valence-electron chi connectivity index (χ2n) is 5.25. The summed E-state index contributed by atoms with van der Waals surface area (Å²) in [6.07, 6.45) is 3.19. The van der Waals surface area contributed by atoms with Crippen molar-refractivity contribution in [2.75, 3.05) is 33.3 Å². The average Bonchev–Trinajstić information content (AvgIpc) is 3.01. The predicted molar refractivity (Wildman–Crippen MR) is 62.1 cm³/mol. The van der Waals surface area contributed by atoms with Gasteiger partial charge in [0.15, 0.2) is 0 Å². The standard InChI is InChI=1S/C12H24N2O/c1-10(2)14-6-7-15-12(9-14)8-13(3)11-4-5-11/h10-12H,4-9H2,1-3H3/t12-/m1/s1. The Bertz CT molecular complexity index is 202. The van der Waals surface area contributed by atoms with E-state index >= 15 is 0 Å². The molecule has 1 atom stereocenters. The summed E-state index contributed by atoms with van der Waals surface area (Å²) in [6, 6.07) is 1.51. The van der Waals surface area contributed by atoms with Gasteiger partial charge in [0, 0.05) is 31.7 Å². The van der Waals surface area contributed by atoms with Crippen LogP contribution < -0.4 is 0 Å². The van der Waals surface area contributed by atoms with Gasteiger partial charge in [-0.2, -0.15) is 0 Å². The van der Waals surface area contributed by atoms with Gasteiger partial charge < -0.3 is 9.64 Å². The third kappa shape index (κ3) is 3.16. The van der Waals surface area contributed by atoms with Gasteiger partial charge in [-0.05, 0) is 33.7 Å². The molecule has 0 N–H and O–H groups in total. The number of hydrogen-bond donors (Lipinski definition) is 0. The van der Waals surface area contributed by atoms with Gasteiger partial charge in [-0.25, -0.2) is 0 Å². The Balaban J connectivity index is 1.76. The van der Waals surface area contributed by atoms with Crippen LogP contribution in [0.15, 0.2) is 0 Å². The fourth-order valence-electron chi connectivity index (χ4n) is 2.31. The summed E-state index contributed by atoms with van der Waals surface area (Å²) in [5.74, 6) is 0. The van der Waals surface area contributed by atoms with Gasteiger partial charge in [-0.3, -0.25) is 4.90 Å². The van der Waals surface area contributed by atoms with Crippen LogP contribution in [-0.4, -0.2) is 61.3 Å². The zero-order chi connectivity index (χ0) is 10.8. The molecule has 0 aromatic heterocycles. The van der Waals surface area contributed by atoms with E-state index in [-0.39, 0.29) is 0 Å². The van der Waals surface area contributed by atoms with E-state index < -0.39 is 0 Å². The minimum atomic E-state index is 0.423. The predicted octanol–water partition coefficient (Wildman–Crippen LogP) is 1.19. The molecule has 2 aliphatic rings. The molecule has 1 saturated heterocycles. The Kier molecular flexibility index (Phi) is 3.65. The second kappa shape index (κ2) is 4.81. The van der Waals surface area contributed by atoms with Crippen molar-refractivity contribution in [1.82, 2.24) is 9.80 Å². The van der Waals surface area contributed by atoms with E-state index in [1.165, 1.54) is 12.8 Å². The largest absolute Gasteiger partial charge is 0.374 e. The molecule has 15 heavy (non-hydrogen) atoms. The Hall–Kier alpha value is -0.120. The van der Waals surface area contributed by atoms with E-state index in [2.05, 4.69) is 30.7 Å². The third-order valence-electron chi connectivity index (χ3n) is 3.56. The highest BCUT2D eigenvalue weighted by molar-refractivity contribution is 4.85. The average molecular weight is 212 g/mol. The van der Waals surface area contributed by atoms with Gasteiger partial charge in [0.1, 0.15) is 0 Å². The van der Waals surface area contributed by atoms with Crippen LogP contribution in [0.4, 0.5) is 0 Å². The highest BCUT2D eigenvalue weighted by atomic mass is 16.5. The fraction of sp³-hybridized carbons (Fsp3) is 1.00. The smallest absolute Gasteiger partial charge is 0.0829 e. The van der Waals surface area contributed by atoms with Gasteiger partial charge in [0.05, 0.1) is 12.7 Å². The first-order valence-electron chi connectivity index (χ1n) is 6.22. The number of morpholine rings is 1. The SMILES string of the molecule is CC(C)N1CCO[C@H](CN(C)C2CC2)C1. The summed E-state index contributed by atoms with van der Waals surface area (Å²) in [7, 11) is 2.23. The zero-order valence-corrected chi connectivity index (χ0v) is 10.3. The lowest BCUT2D eigenvalue weighted by molar-refractivity contribution is -0.0503. The maximum absolute atomic E-state index is 5.82. The number of hydrogen-bond acceptors (Lipinski definition) is 3. The van der Waals surface area contributed by atoms with Crippen molar-refractivity contribution in [2.24, 2.45) is 0 Å². The molecule has 2 rings (SSSR count). The van der Waals surface area contributed by atoms with E-state index in [1.54, 1.807) is 0 Å². The van der Waals surface area contributed by atoms with Crippen molar-refractivity contribution in [3.8, 4) is 0 Å². The highest BCUT2D eigenvalue weighted by Gasteiger charge is 2.30. The van der Waals surface area contributed by atoms with Gasteiger partial charge >= 0.3 is 0 Å². The molecule has 1 saturated carbocycles. The van der Waals surface area contributed by atoms with Crippen molar-refractivity contribution >= 4 is 0 Å². The molecule has 0 amide bonds. The van der Waals surface area contributed by atoms with Crippen LogP contribution in [0.2, 0.25) is 0 Å². The minimum Gasteiger partial charge on any atom is -0.374 e. The van der Waals surface area contributed by atoms with Gasteiger partial charge in [-0.1, -0.05) is 0 Å². The molecule has 88 valence electrons. The quantitative estimate of drug-likeness (QED) is 0.696. The van der Waals surface area contributed by atoms with E-state index in [1.807, 2.05) is 0 Å². The number of nitrogens with zero attached hydrogens (tertiary/aromatic N) is 2. The van der Waals surface area contributed by atoms with E-state index in [0.29, 0.717) is 12.1 Å². The van der Waals surface area contributed by atoms with Crippen LogP contribution >= 0.6 is 0 Å². The van der Waals surface area contributed by atoms with E-state index in [0.717, 1.165) is 32.3 Å². The molecule has 1 heterocycles. The molecule has 0 aromatic carbocycles. The molecule has 2 fully saturated rings. The highest BCUT2D eigenvalue weighted by Crippen LogP contribution is 2.25. The molecule has 3 heteroatoms. The minimum absolute atomic E-state index is 0.423. The summed E-state index contributed by atoms with van der Waals surface area (Å²) in [4.78, 5) is 4.99. The van der Waals surface area contributed by atoms with Crippen molar-refractivity contribution in [2.45, 2.75) is 44.9 Å². The monoisotopic (exact) mass is 212 g/mol. The zero-order valence-electron chi connectivity index (χ0n) is 10.3. The van der Waals surface area contributed by atoms with Crippen LogP contribution in [0.3, 0.4) is 0 Å². The number of likely N-dealkylation sites (N-methyl/N-ethyl adjacent to an activating group) is 1. The van der Waals surface area contributed by atoms with E-state index in [9.17, 15) is 0 Å². The molecule has 0 spiro atoms. The maximum Gasteiger partial charge on any atom is 0.0829 e. The molecule has 0 bridgehead atoms. The summed E-state index contributed by atoms with van der Waals surface area (Å²) in [6.45, 7) is 8.76. The topological polar surface area (TPSA) is 15.7 Å². The first-order chi connectivity index (χ1) is 7.16. The third-order valence-corrected chi connectivity index (χ3v) is 3.56. The molecule has 1 aliphatic heterocycles. The van der Waals surface area contributed by atoms with Crippen molar-refractivity contribution in [3.05, 3.63) is 0 Å². The fourth-order valence-corrected chi connectivity index (χ4v) is 2.31. The maximum atomic E-state index is 5.82. The molecular weight excluding hydrogens is 188 g/mol. The van der Waals surface area contributed by atoms with Gasteiger partial charge in [0.2, 0.25) is 0 Å². The summed E-state index contributed by atoms with van der Waals surface area (Å²) >= 11 is 0. The summed E-state index contributed by atoms with van der Waals surface area (Å²) < 4.78 is 5.82. The molecule has 0 aromatic rings.